The number of ketones is 1. The molecule has 0 amide bonds. The predicted octanol–water partition coefficient (Wildman–Crippen LogP) is 2.42. The van der Waals surface area contributed by atoms with Gasteiger partial charge in [-0.25, -0.2) is 18.2 Å². The molecule has 0 N–H and O–H groups in total. The minimum absolute atomic E-state index is 0.0199. The average Bonchev–Trinajstić information content (AvgIpc) is 3.32. The number of oxazole rings is 1. The van der Waals surface area contributed by atoms with Crippen molar-refractivity contribution < 1.29 is 31.9 Å². The van der Waals surface area contributed by atoms with Gasteiger partial charge in [0.05, 0.1) is 19.4 Å². The normalized spacial score (nSPS) is 24.8. The number of fused-ring (bicyclic) bond motifs is 2. The molecule has 2 atom stereocenters. The van der Waals surface area contributed by atoms with Crippen molar-refractivity contribution in [1.29, 1.82) is 0 Å². The first-order chi connectivity index (χ1) is 14.6. The maximum atomic E-state index is 13.5. The van der Waals surface area contributed by atoms with E-state index in [0.717, 1.165) is 12.7 Å². The molecule has 10 heteroatoms. The van der Waals surface area contributed by atoms with E-state index in [0.29, 0.717) is 32.5 Å². The number of ether oxygens (including phenoxy) is 2. The minimum atomic E-state index is -3.81. The van der Waals surface area contributed by atoms with Crippen LogP contribution in [-0.2, 0) is 30.8 Å². The van der Waals surface area contributed by atoms with Crippen LogP contribution in [0.1, 0.15) is 62.8 Å². The number of sulfonamides is 1. The van der Waals surface area contributed by atoms with E-state index in [1.165, 1.54) is 11.4 Å². The summed E-state index contributed by atoms with van der Waals surface area (Å²) in [5.41, 5.74) is -1.23. The third-order valence-electron chi connectivity index (χ3n) is 7.12. The van der Waals surface area contributed by atoms with E-state index in [1.54, 1.807) is 0 Å². The highest BCUT2D eigenvalue weighted by Gasteiger charge is 2.65. The Morgan fingerprint density at radius 1 is 1.39 bits per heavy atom. The Labute approximate surface area is 183 Å². The zero-order valence-corrected chi connectivity index (χ0v) is 19.5. The molecule has 2 bridgehead atoms. The molecule has 3 rings (SSSR count). The van der Waals surface area contributed by atoms with Crippen molar-refractivity contribution >= 4 is 21.8 Å². The maximum absolute atomic E-state index is 13.5. The fraction of sp³-hybridized carbons (Fsp3) is 0.762. The maximum Gasteiger partial charge on any atom is 0.360 e. The summed E-state index contributed by atoms with van der Waals surface area (Å²) in [5, 5.41) is 0. The molecule has 0 aliphatic heterocycles. The fourth-order valence-corrected chi connectivity index (χ4v) is 7.24. The molecule has 31 heavy (non-hydrogen) atoms. The van der Waals surface area contributed by atoms with Crippen LogP contribution >= 0.6 is 0 Å². The van der Waals surface area contributed by atoms with Gasteiger partial charge in [0.2, 0.25) is 15.9 Å². The monoisotopic (exact) mass is 456 g/mol. The Bertz CT molecular complexity index is 924. The quantitative estimate of drug-likeness (QED) is 0.368. The molecular formula is C21H32N2O7S. The molecule has 2 unspecified atom stereocenters. The second-order valence-electron chi connectivity index (χ2n) is 8.93. The van der Waals surface area contributed by atoms with Gasteiger partial charge in [-0.2, -0.15) is 4.31 Å². The number of Topliss-reactive ketones (excluding diaryl/α,β-unsaturated/α-hetero) is 1. The molecule has 2 saturated carbocycles. The number of aromatic nitrogens is 1. The lowest BCUT2D eigenvalue weighted by atomic mass is 9.70. The van der Waals surface area contributed by atoms with E-state index < -0.39 is 21.4 Å². The van der Waals surface area contributed by atoms with Gasteiger partial charge in [0, 0.05) is 31.6 Å². The van der Waals surface area contributed by atoms with Crippen LogP contribution in [-0.4, -0.2) is 62.1 Å². The van der Waals surface area contributed by atoms with Crippen molar-refractivity contribution in [2.24, 2.45) is 16.7 Å². The second kappa shape index (κ2) is 8.99. The van der Waals surface area contributed by atoms with E-state index in [-0.39, 0.29) is 47.5 Å². The molecule has 0 saturated heterocycles. The van der Waals surface area contributed by atoms with Gasteiger partial charge in [-0.3, -0.25) is 4.79 Å². The number of carbonyl (C=O) groups excluding carboxylic acids is 2. The number of methoxy groups -OCH3 is 1. The van der Waals surface area contributed by atoms with Gasteiger partial charge in [-0.1, -0.05) is 13.8 Å². The van der Waals surface area contributed by atoms with Gasteiger partial charge in [0.25, 0.3) is 0 Å². The van der Waals surface area contributed by atoms with E-state index in [4.69, 9.17) is 9.15 Å². The van der Waals surface area contributed by atoms with Crippen molar-refractivity contribution in [2.45, 2.75) is 53.0 Å². The molecule has 0 radical (unpaired) electrons. The van der Waals surface area contributed by atoms with E-state index >= 15 is 0 Å². The van der Waals surface area contributed by atoms with Gasteiger partial charge >= 0.3 is 5.97 Å². The van der Waals surface area contributed by atoms with Crippen molar-refractivity contribution in [2.75, 3.05) is 32.6 Å². The average molecular weight is 457 g/mol. The van der Waals surface area contributed by atoms with Crippen LogP contribution in [0.5, 0.6) is 0 Å². The molecule has 1 heterocycles. The minimum Gasteiger partial charge on any atom is -0.464 e. The predicted molar refractivity (Wildman–Crippen MR) is 112 cm³/mol. The summed E-state index contributed by atoms with van der Waals surface area (Å²) in [6.45, 7) is 6.94. The molecule has 2 fully saturated rings. The van der Waals surface area contributed by atoms with Crippen LogP contribution in [0.4, 0.5) is 0 Å². The number of carbonyl (C=O) groups is 2. The number of hydrogen-bond acceptors (Lipinski definition) is 8. The summed E-state index contributed by atoms with van der Waals surface area (Å²) in [5.74, 6) is -0.498. The zero-order chi connectivity index (χ0) is 22.9. The summed E-state index contributed by atoms with van der Waals surface area (Å²) in [6, 6.07) is 0. The van der Waals surface area contributed by atoms with Gasteiger partial charge in [0.15, 0.2) is 5.69 Å². The summed E-state index contributed by atoms with van der Waals surface area (Å²) in [7, 11) is -2.58. The fourth-order valence-electron chi connectivity index (χ4n) is 5.05. The Morgan fingerprint density at radius 2 is 2.13 bits per heavy atom. The molecule has 9 nitrogen and oxygen atoms in total. The van der Waals surface area contributed by atoms with Gasteiger partial charge in [0.1, 0.15) is 12.0 Å². The highest BCUT2D eigenvalue weighted by Crippen LogP contribution is 2.64. The second-order valence-corrected chi connectivity index (χ2v) is 10.9. The molecule has 2 aliphatic rings. The third-order valence-corrected chi connectivity index (χ3v) is 9.08. The molecule has 0 spiro atoms. The van der Waals surface area contributed by atoms with E-state index in [1.807, 2.05) is 20.8 Å². The van der Waals surface area contributed by atoms with Crippen LogP contribution < -0.4 is 0 Å². The Hall–Kier alpha value is -1.78. The highest BCUT2D eigenvalue weighted by molar-refractivity contribution is 7.89. The molecular weight excluding hydrogens is 424 g/mol. The molecule has 0 aromatic carbocycles. The van der Waals surface area contributed by atoms with Gasteiger partial charge in [-0.05, 0) is 37.5 Å². The largest absolute Gasteiger partial charge is 0.464 e. The lowest BCUT2D eigenvalue weighted by molar-refractivity contribution is -0.128. The summed E-state index contributed by atoms with van der Waals surface area (Å²) in [4.78, 5) is 28.6. The SMILES string of the molecule is CCOCCCN(Cc1nc(C(=O)OC)co1)S(=O)(=O)CC12CCC(CC1=O)C2(C)C. The first-order valence-electron chi connectivity index (χ1n) is 10.7. The van der Waals surface area contributed by atoms with Crippen molar-refractivity contribution in [1.82, 2.24) is 9.29 Å². The lowest BCUT2D eigenvalue weighted by Crippen LogP contribution is -2.46. The highest BCUT2D eigenvalue weighted by atomic mass is 32.2. The lowest BCUT2D eigenvalue weighted by Gasteiger charge is -2.37. The van der Waals surface area contributed by atoms with Crippen LogP contribution in [0, 0.1) is 16.7 Å². The van der Waals surface area contributed by atoms with Crippen LogP contribution in [0.2, 0.25) is 0 Å². The van der Waals surface area contributed by atoms with Gasteiger partial charge < -0.3 is 13.9 Å². The van der Waals surface area contributed by atoms with Crippen molar-refractivity contribution in [3.05, 3.63) is 17.8 Å². The first-order valence-corrected chi connectivity index (χ1v) is 12.3. The van der Waals surface area contributed by atoms with Crippen LogP contribution in [0.25, 0.3) is 0 Å². The van der Waals surface area contributed by atoms with E-state index in [2.05, 4.69) is 9.72 Å². The topological polar surface area (TPSA) is 116 Å². The molecule has 1 aromatic rings. The molecule has 2 aliphatic carbocycles. The van der Waals surface area contributed by atoms with Crippen LogP contribution in [0.3, 0.4) is 0 Å². The zero-order valence-electron chi connectivity index (χ0n) is 18.7. The summed E-state index contributed by atoms with van der Waals surface area (Å²) in [6.07, 6.45) is 3.57. The van der Waals surface area contributed by atoms with Crippen molar-refractivity contribution in [3.8, 4) is 0 Å². The number of rotatable bonds is 11. The van der Waals surface area contributed by atoms with E-state index in [9.17, 15) is 18.0 Å². The number of nitrogens with zero attached hydrogens (tertiary/aromatic N) is 2. The first kappa shape index (κ1) is 23.9. The third kappa shape index (κ3) is 4.42. The molecule has 174 valence electrons. The standard InChI is InChI=1S/C21H32N2O7S/c1-5-29-10-6-9-23(12-18-22-16(13-30-18)19(25)28-4)31(26,27)14-21-8-7-15(11-17(21)24)20(21,2)3/h13,15H,5-12,14H2,1-4H3. The Balaban J connectivity index is 1.82. The Kier molecular flexibility index (Phi) is 6.93. The summed E-state index contributed by atoms with van der Waals surface area (Å²) >= 11 is 0. The van der Waals surface area contributed by atoms with Crippen molar-refractivity contribution in [3.63, 3.8) is 0 Å². The number of esters is 1. The number of hydrogen-bond donors (Lipinski definition) is 0. The van der Waals surface area contributed by atoms with Crippen LogP contribution in [0.15, 0.2) is 10.7 Å². The smallest absolute Gasteiger partial charge is 0.360 e. The molecule has 1 aromatic heterocycles. The summed E-state index contributed by atoms with van der Waals surface area (Å²) < 4.78 is 43.7. The Morgan fingerprint density at radius 3 is 2.71 bits per heavy atom. The van der Waals surface area contributed by atoms with Gasteiger partial charge in [-0.15, -0.1) is 0 Å².